The zero-order valence-corrected chi connectivity index (χ0v) is 11.3. The average Bonchev–Trinajstić information content (AvgIpc) is 2.54. The number of aromatic nitrogens is 1. The lowest BCUT2D eigenvalue weighted by molar-refractivity contribution is -0.139. The predicted molar refractivity (Wildman–Crippen MR) is 73.8 cm³/mol. The third kappa shape index (κ3) is 2.98. The maximum absolute atomic E-state index is 10.8. The molecule has 0 saturated carbocycles. The fourth-order valence-corrected chi connectivity index (χ4v) is 2.92. The first-order valence-electron chi connectivity index (χ1n) is 5.72. The molecule has 3 N–H and O–H groups in total. The SMILES string of the molecule is CC(C)(CC(=O)O)Cc1ccc2nc(N)sc2c1. The molecule has 0 aliphatic rings. The van der Waals surface area contributed by atoms with Gasteiger partial charge in [0, 0.05) is 0 Å². The van der Waals surface area contributed by atoms with E-state index >= 15 is 0 Å². The van der Waals surface area contributed by atoms with E-state index in [0.717, 1.165) is 22.2 Å². The van der Waals surface area contributed by atoms with Crippen molar-refractivity contribution in [1.29, 1.82) is 0 Å². The molecule has 0 atom stereocenters. The van der Waals surface area contributed by atoms with E-state index in [-0.39, 0.29) is 11.8 Å². The number of anilines is 1. The topological polar surface area (TPSA) is 76.2 Å². The Balaban J connectivity index is 2.23. The largest absolute Gasteiger partial charge is 0.481 e. The Labute approximate surface area is 109 Å². The smallest absolute Gasteiger partial charge is 0.303 e. The molecule has 0 aliphatic carbocycles. The molecule has 96 valence electrons. The number of thiazole rings is 1. The maximum atomic E-state index is 10.8. The quantitative estimate of drug-likeness (QED) is 0.890. The van der Waals surface area contributed by atoms with Crippen LogP contribution >= 0.6 is 11.3 Å². The van der Waals surface area contributed by atoms with Crippen LogP contribution in [0.1, 0.15) is 25.8 Å². The van der Waals surface area contributed by atoms with E-state index in [4.69, 9.17) is 10.8 Å². The lowest BCUT2D eigenvalue weighted by Gasteiger charge is -2.22. The van der Waals surface area contributed by atoms with Gasteiger partial charge >= 0.3 is 5.97 Å². The van der Waals surface area contributed by atoms with Gasteiger partial charge in [-0.15, -0.1) is 0 Å². The number of nitrogens with zero attached hydrogens (tertiary/aromatic N) is 1. The van der Waals surface area contributed by atoms with Crippen LogP contribution in [-0.2, 0) is 11.2 Å². The normalized spacial score (nSPS) is 11.9. The number of carboxylic acids is 1. The van der Waals surface area contributed by atoms with E-state index in [1.807, 2.05) is 32.0 Å². The first-order chi connectivity index (χ1) is 8.35. The van der Waals surface area contributed by atoms with Gasteiger partial charge in [-0.3, -0.25) is 4.79 Å². The summed E-state index contributed by atoms with van der Waals surface area (Å²) in [4.78, 5) is 15.0. The van der Waals surface area contributed by atoms with E-state index in [9.17, 15) is 4.79 Å². The minimum absolute atomic E-state index is 0.163. The second-order valence-corrected chi connectivity index (χ2v) is 6.33. The summed E-state index contributed by atoms with van der Waals surface area (Å²) in [6.07, 6.45) is 0.892. The van der Waals surface area contributed by atoms with Crippen molar-refractivity contribution in [2.24, 2.45) is 5.41 Å². The van der Waals surface area contributed by atoms with Gasteiger partial charge in [-0.2, -0.15) is 0 Å². The highest BCUT2D eigenvalue weighted by molar-refractivity contribution is 7.22. The molecule has 2 rings (SSSR count). The second-order valence-electron chi connectivity index (χ2n) is 5.27. The maximum Gasteiger partial charge on any atom is 0.303 e. The molecule has 4 nitrogen and oxygen atoms in total. The van der Waals surface area contributed by atoms with Crippen molar-refractivity contribution in [1.82, 2.24) is 4.98 Å². The zero-order chi connectivity index (χ0) is 13.3. The second kappa shape index (κ2) is 4.57. The first-order valence-corrected chi connectivity index (χ1v) is 6.54. The summed E-state index contributed by atoms with van der Waals surface area (Å²) in [5.74, 6) is -0.761. The number of carbonyl (C=O) groups is 1. The zero-order valence-electron chi connectivity index (χ0n) is 10.4. The third-order valence-electron chi connectivity index (χ3n) is 2.78. The van der Waals surface area contributed by atoms with Gasteiger partial charge in [0.2, 0.25) is 0 Å². The predicted octanol–water partition coefficient (Wildman–Crippen LogP) is 2.92. The highest BCUT2D eigenvalue weighted by Gasteiger charge is 2.22. The monoisotopic (exact) mass is 264 g/mol. The number of hydrogen-bond acceptors (Lipinski definition) is 4. The fraction of sp³-hybridized carbons (Fsp3) is 0.385. The van der Waals surface area contributed by atoms with Gasteiger partial charge in [0.25, 0.3) is 0 Å². The van der Waals surface area contributed by atoms with Gasteiger partial charge < -0.3 is 10.8 Å². The molecule has 2 aromatic rings. The van der Waals surface area contributed by atoms with Crippen LogP contribution in [0.5, 0.6) is 0 Å². The average molecular weight is 264 g/mol. The van der Waals surface area contributed by atoms with Crippen molar-refractivity contribution >= 4 is 32.7 Å². The summed E-state index contributed by atoms with van der Waals surface area (Å²) >= 11 is 1.46. The molecule has 0 bridgehead atoms. The van der Waals surface area contributed by atoms with E-state index < -0.39 is 5.97 Å². The standard InChI is InChI=1S/C13H16N2O2S/c1-13(2,7-11(16)17)6-8-3-4-9-10(5-8)18-12(14)15-9/h3-5H,6-7H2,1-2H3,(H2,14,15)(H,16,17). The van der Waals surface area contributed by atoms with Crippen molar-refractivity contribution in [3.8, 4) is 0 Å². The summed E-state index contributed by atoms with van der Waals surface area (Å²) in [6, 6.07) is 5.98. The van der Waals surface area contributed by atoms with Gasteiger partial charge in [-0.1, -0.05) is 31.3 Å². The molecular weight excluding hydrogens is 248 g/mol. The molecule has 0 aliphatic heterocycles. The summed E-state index contributed by atoms with van der Waals surface area (Å²) in [7, 11) is 0. The van der Waals surface area contributed by atoms with Crippen LogP contribution < -0.4 is 5.73 Å². The lowest BCUT2D eigenvalue weighted by atomic mass is 9.83. The fourth-order valence-electron chi connectivity index (χ4n) is 2.12. The molecule has 0 spiro atoms. The van der Waals surface area contributed by atoms with Gasteiger partial charge in [0.05, 0.1) is 16.6 Å². The molecule has 0 amide bonds. The van der Waals surface area contributed by atoms with E-state index in [2.05, 4.69) is 4.98 Å². The van der Waals surface area contributed by atoms with Crippen LogP contribution in [0.15, 0.2) is 18.2 Å². The molecule has 1 aromatic carbocycles. The van der Waals surface area contributed by atoms with Crippen molar-refractivity contribution < 1.29 is 9.90 Å². The molecule has 18 heavy (non-hydrogen) atoms. The number of fused-ring (bicyclic) bond motifs is 1. The number of aliphatic carboxylic acids is 1. The lowest BCUT2D eigenvalue weighted by Crippen LogP contribution is -2.19. The number of rotatable bonds is 4. The number of nitrogen functional groups attached to an aromatic ring is 1. The summed E-state index contributed by atoms with van der Waals surface area (Å²) < 4.78 is 1.05. The van der Waals surface area contributed by atoms with E-state index in [0.29, 0.717) is 5.13 Å². The number of hydrogen-bond donors (Lipinski definition) is 2. The number of benzene rings is 1. The molecule has 1 heterocycles. The van der Waals surface area contributed by atoms with Crippen LogP contribution in [-0.4, -0.2) is 16.1 Å². The minimum atomic E-state index is -0.761. The van der Waals surface area contributed by atoms with Crippen molar-refractivity contribution in [3.63, 3.8) is 0 Å². The molecule has 0 fully saturated rings. The minimum Gasteiger partial charge on any atom is -0.481 e. The molecule has 0 unspecified atom stereocenters. The Hall–Kier alpha value is -1.62. The Kier molecular flexibility index (Phi) is 3.26. The number of carboxylic acid groups (broad SMARTS) is 1. The Morgan fingerprint density at radius 3 is 2.89 bits per heavy atom. The summed E-state index contributed by atoms with van der Waals surface area (Å²) in [5, 5.41) is 9.44. The van der Waals surface area contributed by atoms with Gasteiger partial charge in [0.1, 0.15) is 0 Å². The van der Waals surface area contributed by atoms with Crippen LogP contribution in [0.3, 0.4) is 0 Å². The van der Waals surface area contributed by atoms with Gasteiger partial charge in [-0.05, 0) is 29.5 Å². The Morgan fingerprint density at radius 2 is 2.22 bits per heavy atom. The molecule has 0 saturated heterocycles. The summed E-state index contributed by atoms with van der Waals surface area (Å²) in [5.41, 5.74) is 7.43. The highest BCUT2D eigenvalue weighted by Crippen LogP contribution is 2.30. The number of nitrogens with two attached hydrogens (primary N) is 1. The Morgan fingerprint density at radius 1 is 1.50 bits per heavy atom. The Bertz CT molecular complexity index is 590. The molecule has 0 radical (unpaired) electrons. The van der Waals surface area contributed by atoms with Crippen LogP contribution in [0.25, 0.3) is 10.2 Å². The third-order valence-corrected chi connectivity index (χ3v) is 3.63. The molecule has 5 heteroatoms. The van der Waals surface area contributed by atoms with E-state index in [1.54, 1.807) is 0 Å². The van der Waals surface area contributed by atoms with Crippen LogP contribution in [0, 0.1) is 5.41 Å². The van der Waals surface area contributed by atoms with Crippen molar-refractivity contribution in [2.75, 3.05) is 5.73 Å². The van der Waals surface area contributed by atoms with Gasteiger partial charge in [-0.25, -0.2) is 4.98 Å². The van der Waals surface area contributed by atoms with Crippen molar-refractivity contribution in [3.05, 3.63) is 23.8 Å². The van der Waals surface area contributed by atoms with Crippen LogP contribution in [0.2, 0.25) is 0 Å². The van der Waals surface area contributed by atoms with Crippen LogP contribution in [0.4, 0.5) is 5.13 Å². The molecular formula is C13H16N2O2S. The molecule has 1 aromatic heterocycles. The van der Waals surface area contributed by atoms with E-state index in [1.165, 1.54) is 11.3 Å². The van der Waals surface area contributed by atoms with Gasteiger partial charge in [0.15, 0.2) is 5.13 Å². The highest BCUT2D eigenvalue weighted by atomic mass is 32.1. The summed E-state index contributed by atoms with van der Waals surface area (Å²) in [6.45, 7) is 3.93. The van der Waals surface area contributed by atoms with Crippen molar-refractivity contribution in [2.45, 2.75) is 26.7 Å². The first kappa shape index (κ1) is 12.8.